The lowest BCUT2D eigenvalue weighted by atomic mass is 9.92. The summed E-state index contributed by atoms with van der Waals surface area (Å²) in [6.07, 6.45) is 1.54. The summed E-state index contributed by atoms with van der Waals surface area (Å²) in [5.41, 5.74) is 7.06. The number of carbonyl (C=O) groups excluding carboxylic acids is 4. The first-order valence-electron chi connectivity index (χ1n) is 15.5. The van der Waals surface area contributed by atoms with Crippen LogP contribution in [0.3, 0.4) is 0 Å². The SMILES string of the molecule is CC(C)CC1OC(=O)C(C)(C)CNC(=O)[C@@H](Cc2ccc(N)cc2)NC(=O)/C=C/C[C@@H]([C@H](C)[C@H]2O[C@@H]2c2ccccc2)OC1=O. The molecule has 2 aromatic carbocycles. The van der Waals surface area contributed by atoms with Crippen molar-refractivity contribution in [2.45, 2.75) is 84.3 Å². The molecule has 2 aliphatic heterocycles. The van der Waals surface area contributed by atoms with Crippen LogP contribution in [0.5, 0.6) is 0 Å². The summed E-state index contributed by atoms with van der Waals surface area (Å²) < 4.78 is 17.8. The predicted octanol–water partition coefficient (Wildman–Crippen LogP) is 4.04. The van der Waals surface area contributed by atoms with E-state index in [0.717, 1.165) is 11.1 Å². The standard InChI is InChI=1S/C35H45N3O7/c1-21(2)18-28-33(41)43-27(22(3)30-31(45-30)24-10-7-6-8-11-24)12-9-13-29(39)38-26(19-23-14-16-25(36)17-15-23)32(40)37-20-35(4,5)34(42)44-28/h6-11,13-17,21-22,26-28,30-31H,12,18-20,36H2,1-5H3,(H,37,40)(H,38,39)/b13-9+/t22-,26+,27-,28?,30+,31+/m0/s1. The van der Waals surface area contributed by atoms with E-state index in [9.17, 15) is 19.2 Å². The number of amides is 2. The van der Waals surface area contributed by atoms with Crippen LogP contribution < -0.4 is 16.4 Å². The quantitative estimate of drug-likeness (QED) is 0.239. The fourth-order valence-electron chi connectivity index (χ4n) is 5.28. The molecule has 6 atom stereocenters. The first-order valence-corrected chi connectivity index (χ1v) is 15.5. The number of ether oxygens (including phenoxy) is 3. The van der Waals surface area contributed by atoms with Gasteiger partial charge in [0.15, 0.2) is 6.10 Å². The second-order valence-electron chi connectivity index (χ2n) is 13.0. The Bertz CT molecular complexity index is 1370. The molecule has 1 unspecified atom stereocenters. The van der Waals surface area contributed by atoms with Gasteiger partial charge < -0.3 is 30.6 Å². The molecule has 10 nitrogen and oxygen atoms in total. The van der Waals surface area contributed by atoms with Crippen molar-refractivity contribution in [3.05, 3.63) is 77.9 Å². The average molecular weight is 620 g/mol. The molecule has 0 spiro atoms. The Labute approximate surface area is 265 Å². The molecule has 10 heteroatoms. The van der Waals surface area contributed by atoms with Crippen molar-refractivity contribution in [1.29, 1.82) is 0 Å². The lowest BCUT2D eigenvalue weighted by Gasteiger charge is -2.29. The van der Waals surface area contributed by atoms with Gasteiger partial charge in [-0.1, -0.05) is 69.3 Å². The summed E-state index contributed by atoms with van der Waals surface area (Å²) in [6.45, 7) is 8.99. The maximum absolute atomic E-state index is 13.5. The number of carbonyl (C=O) groups is 4. The van der Waals surface area contributed by atoms with Gasteiger partial charge in [-0.15, -0.1) is 0 Å². The predicted molar refractivity (Wildman–Crippen MR) is 169 cm³/mol. The van der Waals surface area contributed by atoms with Crippen LogP contribution in [0.4, 0.5) is 5.69 Å². The number of nitrogens with two attached hydrogens (primary N) is 1. The van der Waals surface area contributed by atoms with Crippen LogP contribution in [0.1, 0.15) is 64.7 Å². The highest BCUT2D eigenvalue weighted by Crippen LogP contribution is 2.45. The molecule has 0 aliphatic carbocycles. The number of anilines is 1. The van der Waals surface area contributed by atoms with E-state index in [2.05, 4.69) is 10.6 Å². The van der Waals surface area contributed by atoms with E-state index >= 15 is 0 Å². The summed E-state index contributed by atoms with van der Waals surface area (Å²) in [6, 6.07) is 15.9. The summed E-state index contributed by atoms with van der Waals surface area (Å²) in [5, 5.41) is 5.56. The molecular formula is C35H45N3O7. The summed E-state index contributed by atoms with van der Waals surface area (Å²) >= 11 is 0. The molecule has 2 heterocycles. The third kappa shape index (κ3) is 9.41. The van der Waals surface area contributed by atoms with Crippen LogP contribution in [0.15, 0.2) is 66.7 Å². The first kappa shape index (κ1) is 33.7. The normalized spacial score (nSPS) is 27.5. The van der Waals surface area contributed by atoms with Gasteiger partial charge in [-0.25, -0.2) is 4.79 Å². The zero-order valence-corrected chi connectivity index (χ0v) is 26.7. The van der Waals surface area contributed by atoms with Gasteiger partial charge >= 0.3 is 11.9 Å². The van der Waals surface area contributed by atoms with Crippen molar-refractivity contribution in [3.63, 3.8) is 0 Å². The van der Waals surface area contributed by atoms with Crippen LogP contribution in [0, 0.1) is 17.3 Å². The average Bonchev–Trinajstić information content (AvgIpc) is 3.80. The minimum Gasteiger partial charge on any atom is -0.459 e. The van der Waals surface area contributed by atoms with E-state index in [-0.39, 0.29) is 49.9 Å². The number of cyclic esters (lactones) is 2. The number of nitrogens with one attached hydrogen (secondary N) is 2. The van der Waals surface area contributed by atoms with Gasteiger partial charge in [0.2, 0.25) is 11.8 Å². The Morgan fingerprint density at radius 2 is 1.64 bits per heavy atom. The molecule has 2 aliphatic rings. The first-order chi connectivity index (χ1) is 21.3. The van der Waals surface area contributed by atoms with E-state index in [0.29, 0.717) is 5.69 Å². The molecule has 0 aromatic heterocycles. The number of nitrogen functional groups attached to an aromatic ring is 1. The number of epoxide rings is 1. The smallest absolute Gasteiger partial charge is 0.347 e. The lowest BCUT2D eigenvalue weighted by Crippen LogP contribution is -2.51. The Morgan fingerprint density at radius 3 is 2.31 bits per heavy atom. The van der Waals surface area contributed by atoms with Crippen LogP contribution >= 0.6 is 0 Å². The van der Waals surface area contributed by atoms with Gasteiger partial charge in [-0.05, 0) is 55.5 Å². The van der Waals surface area contributed by atoms with Crippen molar-refractivity contribution in [1.82, 2.24) is 10.6 Å². The second-order valence-corrected chi connectivity index (χ2v) is 13.0. The van der Waals surface area contributed by atoms with Gasteiger partial charge in [-0.2, -0.15) is 0 Å². The number of hydrogen-bond acceptors (Lipinski definition) is 8. The number of rotatable bonds is 7. The van der Waals surface area contributed by atoms with Gasteiger partial charge in [0.1, 0.15) is 18.2 Å². The van der Waals surface area contributed by atoms with Gasteiger partial charge in [0.25, 0.3) is 0 Å². The Balaban J connectivity index is 1.60. The number of hydrogen-bond donors (Lipinski definition) is 3. The van der Waals surface area contributed by atoms with Gasteiger partial charge in [0.05, 0.1) is 11.5 Å². The summed E-state index contributed by atoms with van der Waals surface area (Å²) in [4.78, 5) is 53.3. The summed E-state index contributed by atoms with van der Waals surface area (Å²) in [7, 11) is 0. The maximum atomic E-state index is 13.5. The Morgan fingerprint density at radius 1 is 0.956 bits per heavy atom. The molecule has 242 valence electrons. The fourth-order valence-corrected chi connectivity index (χ4v) is 5.28. The molecule has 4 N–H and O–H groups in total. The zero-order valence-electron chi connectivity index (χ0n) is 26.7. The van der Waals surface area contributed by atoms with Crippen LogP contribution in [-0.4, -0.2) is 54.7 Å². The minimum absolute atomic E-state index is 0.0338. The minimum atomic E-state index is -1.17. The van der Waals surface area contributed by atoms with Crippen molar-refractivity contribution >= 4 is 29.4 Å². The largest absolute Gasteiger partial charge is 0.459 e. The van der Waals surface area contributed by atoms with E-state index in [1.165, 1.54) is 6.08 Å². The van der Waals surface area contributed by atoms with Gasteiger partial charge in [0, 0.05) is 31.0 Å². The van der Waals surface area contributed by atoms with Crippen molar-refractivity contribution in [3.8, 4) is 0 Å². The Hall–Kier alpha value is -4.18. The molecular weight excluding hydrogens is 574 g/mol. The third-order valence-corrected chi connectivity index (χ3v) is 8.17. The molecule has 4 rings (SSSR count). The monoisotopic (exact) mass is 619 g/mol. The molecule has 0 saturated carbocycles. The summed E-state index contributed by atoms with van der Waals surface area (Å²) in [5.74, 6) is -2.43. The topological polar surface area (TPSA) is 149 Å². The molecule has 1 fully saturated rings. The molecule has 0 radical (unpaired) electrons. The third-order valence-electron chi connectivity index (χ3n) is 8.17. The maximum Gasteiger partial charge on any atom is 0.347 e. The van der Waals surface area contributed by atoms with Crippen molar-refractivity contribution in [2.24, 2.45) is 17.3 Å². The van der Waals surface area contributed by atoms with E-state index in [4.69, 9.17) is 19.9 Å². The number of esters is 2. The Kier molecular flexibility index (Phi) is 11.0. The highest BCUT2D eigenvalue weighted by molar-refractivity contribution is 5.93. The van der Waals surface area contributed by atoms with E-state index < -0.39 is 47.4 Å². The van der Waals surface area contributed by atoms with Gasteiger partial charge in [-0.3, -0.25) is 14.4 Å². The molecule has 45 heavy (non-hydrogen) atoms. The van der Waals surface area contributed by atoms with Crippen LogP contribution in [0.2, 0.25) is 0 Å². The fraction of sp³-hybridized carbons (Fsp3) is 0.486. The molecule has 1 saturated heterocycles. The second kappa shape index (κ2) is 14.7. The van der Waals surface area contributed by atoms with E-state index in [1.54, 1.807) is 44.2 Å². The molecule has 2 amide bonds. The zero-order chi connectivity index (χ0) is 32.7. The molecule has 0 bridgehead atoms. The van der Waals surface area contributed by atoms with Crippen LogP contribution in [-0.2, 0) is 39.8 Å². The van der Waals surface area contributed by atoms with Crippen molar-refractivity contribution < 1.29 is 33.4 Å². The molecule has 2 aromatic rings. The number of benzene rings is 2. The van der Waals surface area contributed by atoms with Crippen LogP contribution in [0.25, 0.3) is 0 Å². The lowest BCUT2D eigenvalue weighted by molar-refractivity contribution is -0.179. The highest BCUT2D eigenvalue weighted by atomic mass is 16.6. The van der Waals surface area contributed by atoms with E-state index in [1.807, 2.05) is 51.1 Å². The van der Waals surface area contributed by atoms with Crippen molar-refractivity contribution in [2.75, 3.05) is 12.3 Å². The highest BCUT2D eigenvalue weighted by Gasteiger charge is 2.48.